The molecule has 0 radical (unpaired) electrons. The lowest BCUT2D eigenvalue weighted by molar-refractivity contribution is 0.442. The fourth-order valence-electron chi connectivity index (χ4n) is 2.72. The van der Waals surface area contributed by atoms with Crippen LogP contribution in [-0.2, 0) is 13.1 Å². The smallest absolute Gasteiger partial charge is 0.176 e. The van der Waals surface area contributed by atoms with Crippen LogP contribution in [0.2, 0.25) is 0 Å². The summed E-state index contributed by atoms with van der Waals surface area (Å²) in [4.78, 5) is 1.03. The van der Waals surface area contributed by atoms with E-state index in [0.717, 1.165) is 11.4 Å². The normalized spacial score (nSPS) is 16.3. The predicted octanol–water partition coefficient (Wildman–Crippen LogP) is 3.49. The lowest BCUT2D eigenvalue weighted by atomic mass is 10.2. The van der Waals surface area contributed by atoms with E-state index in [4.69, 9.17) is 0 Å². The Hall–Kier alpha value is -1.20. The van der Waals surface area contributed by atoms with E-state index in [-0.39, 0.29) is 5.13 Å². The summed E-state index contributed by atoms with van der Waals surface area (Å²) in [6.45, 7) is 1.50. The standard InChI is InChI=1S/C14H18FN3S/c15-14-6-5-13(19-14)10-16-9-12-7-8-17-18(12)11-3-1-2-4-11/h5-8,11,16H,1-4,9-10H2. The van der Waals surface area contributed by atoms with Gasteiger partial charge in [0.15, 0.2) is 5.13 Å². The van der Waals surface area contributed by atoms with E-state index in [1.807, 2.05) is 12.3 Å². The van der Waals surface area contributed by atoms with Crippen LogP contribution in [0.3, 0.4) is 0 Å². The minimum atomic E-state index is -0.118. The Bertz CT molecular complexity index is 528. The number of aromatic nitrogens is 2. The number of halogens is 1. The summed E-state index contributed by atoms with van der Waals surface area (Å²) in [5.41, 5.74) is 1.23. The minimum absolute atomic E-state index is 0.118. The highest BCUT2D eigenvalue weighted by Crippen LogP contribution is 2.29. The highest BCUT2D eigenvalue weighted by Gasteiger charge is 2.19. The molecule has 5 heteroatoms. The van der Waals surface area contributed by atoms with Crippen molar-refractivity contribution in [1.82, 2.24) is 15.1 Å². The van der Waals surface area contributed by atoms with Gasteiger partial charge in [-0.05, 0) is 31.0 Å². The lowest BCUT2D eigenvalue weighted by Gasteiger charge is -2.14. The van der Waals surface area contributed by atoms with Gasteiger partial charge in [0.05, 0.1) is 11.7 Å². The molecule has 0 saturated heterocycles. The third-order valence-electron chi connectivity index (χ3n) is 3.66. The van der Waals surface area contributed by atoms with Gasteiger partial charge in [-0.2, -0.15) is 9.49 Å². The zero-order valence-corrected chi connectivity index (χ0v) is 11.6. The topological polar surface area (TPSA) is 29.9 Å². The van der Waals surface area contributed by atoms with E-state index in [9.17, 15) is 4.39 Å². The third kappa shape index (κ3) is 3.04. The second kappa shape index (κ2) is 5.84. The van der Waals surface area contributed by atoms with Gasteiger partial charge < -0.3 is 5.32 Å². The van der Waals surface area contributed by atoms with Crippen LogP contribution in [0.25, 0.3) is 0 Å². The van der Waals surface area contributed by atoms with E-state index in [0.29, 0.717) is 12.6 Å². The number of hydrogen-bond donors (Lipinski definition) is 1. The van der Waals surface area contributed by atoms with Gasteiger partial charge in [-0.1, -0.05) is 12.8 Å². The monoisotopic (exact) mass is 279 g/mol. The molecule has 1 fully saturated rings. The second-order valence-electron chi connectivity index (χ2n) is 5.01. The van der Waals surface area contributed by atoms with Gasteiger partial charge in [0.2, 0.25) is 0 Å². The molecule has 0 atom stereocenters. The van der Waals surface area contributed by atoms with Crippen molar-refractivity contribution in [2.75, 3.05) is 0 Å². The summed E-state index contributed by atoms with van der Waals surface area (Å²) in [5.74, 6) is 0. The van der Waals surface area contributed by atoms with Crippen LogP contribution in [-0.4, -0.2) is 9.78 Å². The molecule has 0 spiro atoms. The molecule has 1 aliphatic carbocycles. The van der Waals surface area contributed by atoms with E-state index in [1.54, 1.807) is 0 Å². The molecule has 102 valence electrons. The van der Waals surface area contributed by atoms with Crippen molar-refractivity contribution in [3.63, 3.8) is 0 Å². The Labute approximate surface area is 116 Å². The molecular weight excluding hydrogens is 261 g/mol. The van der Waals surface area contributed by atoms with E-state index < -0.39 is 0 Å². The maximum atomic E-state index is 12.9. The molecular formula is C14H18FN3S. The summed E-state index contributed by atoms with van der Waals surface area (Å²) < 4.78 is 15.0. The Balaban J connectivity index is 1.56. The molecule has 0 unspecified atom stereocenters. The molecule has 2 heterocycles. The Morgan fingerprint density at radius 1 is 1.26 bits per heavy atom. The zero-order chi connectivity index (χ0) is 13.1. The predicted molar refractivity (Wildman–Crippen MR) is 74.6 cm³/mol. The summed E-state index contributed by atoms with van der Waals surface area (Å²) in [6.07, 6.45) is 6.98. The van der Waals surface area contributed by atoms with E-state index in [2.05, 4.69) is 21.2 Å². The average Bonchev–Trinajstić information content (AvgIpc) is 3.09. The van der Waals surface area contributed by atoms with Crippen molar-refractivity contribution in [2.45, 2.75) is 44.8 Å². The van der Waals surface area contributed by atoms with Crippen LogP contribution >= 0.6 is 11.3 Å². The highest BCUT2D eigenvalue weighted by atomic mass is 32.1. The summed E-state index contributed by atoms with van der Waals surface area (Å²) in [7, 11) is 0. The van der Waals surface area contributed by atoms with Crippen LogP contribution in [0.1, 0.15) is 42.3 Å². The van der Waals surface area contributed by atoms with Crippen molar-refractivity contribution in [2.24, 2.45) is 0 Å². The van der Waals surface area contributed by atoms with Crippen LogP contribution in [0.4, 0.5) is 4.39 Å². The molecule has 19 heavy (non-hydrogen) atoms. The summed E-state index contributed by atoms with van der Waals surface area (Å²) in [5, 5.41) is 7.69. The molecule has 0 amide bonds. The molecule has 0 bridgehead atoms. The first-order valence-corrected chi connectivity index (χ1v) is 7.62. The molecule has 2 aromatic heterocycles. The summed E-state index contributed by atoms with van der Waals surface area (Å²) >= 11 is 1.20. The highest BCUT2D eigenvalue weighted by molar-refractivity contribution is 7.10. The van der Waals surface area contributed by atoms with Gasteiger partial charge in [0.25, 0.3) is 0 Å². The lowest BCUT2D eigenvalue weighted by Crippen LogP contribution is -2.18. The first-order valence-electron chi connectivity index (χ1n) is 6.80. The molecule has 0 aliphatic heterocycles. The van der Waals surface area contributed by atoms with Gasteiger partial charge in [0.1, 0.15) is 0 Å². The fourth-order valence-corrected chi connectivity index (χ4v) is 3.42. The van der Waals surface area contributed by atoms with Gasteiger partial charge in [-0.15, -0.1) is 11.3 Å². The van der Waals surface area contributed by atoms with Crippen LogP contribution < -0.4 is 5.32 Å². The molecule has 0 aromatic carbocycles. The van der Waals surface area contributed by atoms with Crippen LogP contribution in [0, 0.1) is 5.13 Å². The second-order valence-corrected chi connectivity index (χ2v) is 6.13. The maximum absolute atomic E-state index is 12.9. The van der Waals surface area contributed by atoms with E-state index >= 15 is 0 Å². The maximum Gasteiger partial charge on any atom is 0.176 e. The molecule has 3 rings (SSSR count). The van der Waals surface area contributed by atoms with Gasteiger partial charge in [-0.3, -0.25) is 4.68 Å². The van der Waals surface area contributed by atoms with Crippen LogP contribution in [0.5, 0.6) is 0 Å². The SMILES string of the molecule is Fc1ccc(CNCc2ccnn2C2CCCC2)s1. The zero-order valence-electron chi connectivity index (χ0n) is 10.8. The molecule has 1 N–H and O–H groups in total. The molecule has 1 saturated carbocycles. The number of thiophene rings is 1. The van der Waals surface area contributed by atoms with Crippen molar-refractivity contribution >= 4 is 11.3 Å². The van der Waals surface area contributed by atoms with Gasteiger partial charge >= 0.3 is 0 Å². The van der Waals surface area contributed by atoms with Crippen molar-refractivity contribution in [3.8, 4) is 0 Å². The number of hydrogen-bond acceptors (Lipinski definition) is 3. The third-order valence-corrected chi connectivity index (χ3v) is 4.53. The van der Waals surface area contributed by atoms with Gasteiger partial charge in [0, 0.05) is 24.2 Å². The molecule has 1 aliphatic rings. The van der Waals surface area contributed by atoms with E-state index in [1.165, 1.54) is 48.8 Å². The Kier molecular flexibility index (Phi) is 3.94. The van der Waals surface area contributed by atoms with Crippen LogP contribution in [0.15, 0.2) is 24.4 Å². The number of nitrogens with zero attached hydrogens (tertiary/aromatic N) is 2. The first-order chi connectivity index (χ1) is 9.33. The van der Waals surface area contributed by atoms with Crippen molar-refractivity contribution in [1.29, 1.82) is 0 Å². The Morgan fingerprint density at radius 2 is 2.11 bits per heavy atom. The average molecular weight is 279 g/mol. The number of rotatable bonds is 5. The van der Waals surface area contributed by atoms with Gasteiger partial charge in [-0.25, -0.2) is 0 Å². The quantitative estimate of drug-likeness (QED) is 0.908. The number of nitrogens with one attached hydrogen (secondary N) is 1. The minimum Gasteiger partial charge on any atom is -0.306 e. The molecule has 3 nitrogen and oxygen atoms in total. The largest absolute Gasteiger partial charge is 0.306 e. The van der Waals surface area contributed by atoms with Crippen molar-refractivity contribution in [3.05, 3.63) is 40.1 Å². The van der Waals surface area contributed by atoms with Crippen molar-refractivity contribution < 1.29 is 4.39 Å². The Morgan fingerprint density at radius 3 is 2.84 bits per heavy atom. The summed E-state index contributed by atoms with van der Waals surface area (Å²) in [6, 6.07) is 6.00. The fraction of sp³-hybridized carbons (Fsp3) is 0.500. The first kappa shape index (κ1) is 12.8. The molecule has 2 aromatic rings.